The first-order valence-corrected chi connectivity index (χ1v) is 12.2. The first kappa shape index (κ1) is 26.3. The second kappa shape index (κ2) is 11.1. The average Bonchev–Trinajstić information content (AvgIpc) is 3.28. The fourth-order valence-electron chi connectivity index (χ4n) is 3.79. The number of ether oxygens (including phenoxy) is 1. The monoisotopic (exact) mass is 533 g/mol. The van der Waals surface area contributed by atoms with Crippen LogP contribution in [-0.4, -0.2) is 44.6 Å². The molecule has 0 aliphatic carbocycles. The van der Waals surface area contributed by atoms with Gasteiger partial charge in [0.2, 0.25) is 0 Å². The molecule has 4 aromatic rings. The molecule has 1 atom stereocenters. The number of aromatic nitrogens is 3. The van der Waals surface area contributed by atoms with Crippen molar-refractivity contribution in [3.05, 3.63) is 63.8 Å². The van der Waals surface area contributed by atoms with Gasteiger partial charge >= 0.3 is 12.1 Å². The molecule has 2 heterocycles. The lowest BCUT2D eigenvalue weighted by molar-refractivity contribution is -0.142. The van der Waals surface area contributed by atoms with E-state index in [0.717, 1.165) is 21.4 Å². The van der Waals surface area contributed by atoms with Crippen LogP contribution in [0.5, 0.6) is 5.75 Å². The summed E-state index contributed by atoms with van der Waals surface area (Å²) in [5, 5.41) is 18.6. The molecule has 37 heavy (non-hydrogen) atoms. The molecule has 0 spiro atoms. The van der Waals surface area contributed by atoms with Crippen LogP contribution in [0.25, 0.3) is 21.0 Å². The van der Waals surface area contributed by atoms with Gasteiger partial charge in [0, 0.05) is 24.1 Å². The van der Waals surface area contributed by atoms with Gasteiger partial charge in [-0.25, -0.2) is 4.68 Å². The van der Waals surface area contributed by atoms with Crippen LogP contribution in [0.3, 0.4) is 0 Å². The number of alkyl halides is 3. The van der Waals surface area contributed by atoms with E-state index in [1.165, 1.54) is 0 Å². The normalized spacial score (nSPS) is 12.6. The zero-order valence-corrected chi connectivity index (χ0v) is 20.2. The minimum absolute atomic E-state index is 0.00874. The molecule has 0 bridgehead atoms. The smallest absolute Gasteiger partial charge is 0.389 e. The van der Waals surface area contributed by atoms with Crippen LogP contribution in [0.4, 0.5) is 13.2 Å². The first-order chi connectivity index (χ1) is 17.6. The van der Waals surface area contributed by atoms with Crippen LogP contribution in [0.2, 0.25) is 0 Å². The number of carboxylic acid groups (broad SMARTS) is 1. The number of Topliss-reactive ketones (excluding diaryl/α,β-unsaturated/α-hetero) is 1. The van der Waals surface area contributed by atoms with Crippen molar-refractivity contribution in [3.63, 3.8) is 0 Å². The summed E-state index contributed by atoms with van der Waals surface area (Å²) < 4.78 is 44.0. The second-order valence-corrected chi connectivity index (χ2v) is 9.55. The van der Waals surface area contributed by atoms with E-state index < -0.39 is 24.5 Å². The number of ketones is 1. The fourth-order valence-corrected chi connectivity index (χ4v) is 4.83. The van der Waals surface area contributed by atoms with E-state index in [9.17, 15) is 32.7 Å². The van der Waals surface area contributed by atoms with E-state index in [1.54, 1.807) is 48.5 Å². The van der Waals surface area contributed by atoms with Gasteiger partial charge in [0.25, 0.3) is 5.56 Å². The third kappa shape index (κ3) is 6.70. The van der Waals surface area contributed by atoms with Crippen LogP contribution in [0, 0.1) is 5.92 Å². The number of halogens is 3. The Kier molecular flexibility index (Phi) is 7.86. The third-order valence-electron chi connectivity index (χ3n) is 5.74. The fraction of sp³-hybridized carbons (Fsp3) is 0.320. The van der Waals surface area contributed by atoms with Gasteiger partial charge in [-0.3, -0.25) is 14.4 Å². The maximum absolute atomic E-state index is 12.9. The van der Waals surface area contributed by atoms with Crippen molar-refractivity contribution in [1.82, 2.24) is 15.0 Å². The molecule has 12 heteroatoms. The van der Waals surface area contributed by atoms with Crippen molar-refractivity contribution < 1.29 is 32.6 Å². The number of carbonyl (C=O) groups excluding carboxylic acids is 1. The summed E-state index contributed by atoms with van der Waals surface area (Å²) in [4.78, 5) is 37.7. The van der Waals surface area contributed by atoms with Crippen molar-refractivity contribution >= 4 is 44.1 Å². The number of aliphatic carboxylic acids is 1. The topological polar surface area (TPSA) is 111 Å². The standard InChI is InChI=1S/C25H22F3N3O5S/c26-25(27,28)9-3-11-36-17-7-6-15-13-22(37-21(15)14-17)20(32)12-16(24(34)35)8-10-31-23(33)18-4-1-2-5-19(18)29-30-31/h1-2,4-7,13-14,16H,3,8-12H2,(H,34,35). The summed E-state index contributed by atoms with van der Waals surface area (Å²) in [7, 11) is 0. The van der Waals surface area contributed by atoms with E-state index in [4.69, 9.17) is 4.74 Å². The molecule has 0 fully saturated rings. The Bertz CT molecular complexity index is 1500. The van der Waals surface area contributed by atoms with E-state index in [-0.39, 0.29) is 43.8 Å². The Hall–Kier alpha value is -3.80. The number of benzene rings is 2. The second-order valence-electron chi connectivity index (χ2n) is 8.46. The number of fused-ring (bicyclic) bond motifs is 2. The molecule has 4 rings (SSSR count). The molecule has 194 valence electrons. The summed E-state index contributed by atoms with van der Waals surface area (Å²) >= 11 is 1.16. The maximum Gasteiger partial charge on any atom is 0.389 e. The van der Waals surface area contributed by atoms with Gasteiger partial charge in [-0.2, -0.15) is 13.2 Å². The minimum atomic E-state index is -4.23. The lowest BCUT2D eigenvalue weighted by Gasteiger charge is -2.11. The number of thiophene rings is 1. The van der Waals surface area contributed by atoms with Gasteiger partial charge in [0.15, 0.2) is 5.78 Å². The molecular weight excluding hydrogens is 511 g/mol. The number of hydrogen-bond donors (Lipinski definition) is 1. The number of carbonyl (C=O) groups is 2. The molecule has 0 amide bonds. The summed E-state index contributed by atoms with van der Waals surface area (Å²) in [6.07, 6.45) is -5.58. The van der Waals surface area contributed by atoms with Crippen molar-refractivity contribution in [2.75, 3.05) is 6.61 Å². The van der Waals surface area contributed by atoms with Gasteiger partial charge in [0.1, 0.15) is 11.3 Å². The Morgan fingerprint density at radius 2 is 1.92 bits per heavy atom. The van der Waals surface area contributed by atoms with Crippen LogP contribution < -0.4 is 10.3 Å². The van der Waals surface area contributed by atoms with Crippen molar-refractivity contribution in [3.8, 4) is 5.75 Å². The highest BCUT2D eigenvalue weighted by molar-refractivity contribution is 7.20. The zero-order chi connectivity index (χ0) is 26.6. The number of hydrogen-bond acceptors (Lipinski definition) is 7. The van der Waals surface area contributed by atoms with Crippen LogP contribution in [0.1, 0.15) is 35.4 Å². The van der Waals surface area contributed by atoms with Gasteiger partial charge in [0.05, 0.1) is 22.8 Å². The molecule has 0 aliphatic rings. The molecule has 1 N–H and O–H groups in total. The predicted octanol–water partition coefficient (Wildman–Crippen LogP) is 5.09. The highest BCUT2D eigenvalue weighted by Gasteiger charge is 2.26. The van der Waals surface area contributed by atoms with Crippen molar-refractivity contribution in [2.45, 2.75) is 38.4 Å². The van der Waals surface area contributed by atoms with E-state index in [1.807, 2.05) is 0 Å². The van der Waals surface area contributed by atoms with Gasteiger partial charge in [-0.1, -0.05) is 17.3 Å². The minimum Gasteiger partial charge on any atom is -0.494 e. The molecule has 0 aliphatic heterocycles. The molecule has 8 nitrogen and oxygen atoms in total. The number of carboxylic acids is 1. The number of rotatable bonds is 11. The summed E-state index contributed by atoms with van der Waals surface area (Å²) in [5.41, 5.74) is 0.0512. The molecule has 0 saturated heterocycles. The highest BCUT2D eigenvalue weighted by atomic mass is 32.1. The SMILES string of the molecule is O=C(CC(CCn1nnc2ccccc2c1=O)C(=O)O)c1cc2ccc(OCCCC(F)(F)F)cc2s1. The summed E-state index contributed by atoms with van der Waals surface area (Å²) in [6, 6.07) is 13.3. The molecule has 0 radical (unpaired) electrons. The Morgan fingerprint density at radius 3 is 2.68 bits per heavy atom. The molecule has 1 unspecified atom stereocenters. The largest absolute Gasteiger partial charge is 0.494 e. The van der Waals surface area contributed by atoms with E-state index >= 15 is 0 Å². The third-order valence-corrected chi connectivity index (χ3v) is 6.88. The Morgan fingerprint density at radius 1 is 1.14 bits per heavy atom. The lowest BCUT2D eigenvalue weighted by atomic mass is 9.98. The summed E-state index contributed by atoms with van der Waals surface area (Å²) in [6.45, 7) is -0.102. The molecular formula is C25H22F3N3O5S. The predicted molar refractivity (Wildman–Crippen MR) is 131 cm³/mol. The van der Waals surface area contributed by atoms with Crippen molar-refractivity contribution in [1.29, 1.82) is 0 Å². The van der Waals surface area contributed by atoms with E-state index in [0.29, 0.717) is 26.2 Å². The number of aryl methyl sites for hydroxylation is 1. The van der Waals surface area contributed by atoms with E-state index in [2.05, 4.69) is 10.3 Å². The maximum atomic E-state index is 12.9. The Labute approximate surface area is 212 Å². The molecule has 2 aromatic carbocycles. The van der Waals surface area contributed by atoms with Gasteiger partial charge in [-0.15, -0.1) is 16.4 Å². The van der Waals surface area contributed by atoms with Gasteiger partial charge in [-0.05, 0) is 54.6 Å². The highest BCUT2D eigenvalue weighted by Crippen LogP contribution is 2.31. The van der Waals surface area contributed by atoms with Crippen LogP contribution in [0.15, 0.2) is 53.3 Å². The molecule has 0 saturated carbocycles. The molecule has 2 aromatic heterocycles. The van der Waals surface area contributed by atoms with Gasteiger partial charge < -0.3 is 9.84 Å². The average molecular weight is 534 g/mol. The lowest BCUT2D eigenvalue weighted by Crippen LogP contribution is -2.27. The van der Waals surface area contributed by atoms with Crippen molar-refractivity contribution in [2.24, 2.45) is 5.92 Å². The summed E-state index contributed by atoms with van der Waals surface area (Å²) in [5.74, 6) is -2.17. The first-order valence-electron chi connectivity index (χ1n) is 11.4. The quantitative estimate of drug-likeness (QED) is 0.211. The van der Waals surface area contributed by atoms with Crippen LogP contribution >= 0.6 is 11.3 Å². The number of nitrogens with zero attached hydrogens (tertiary/aromatic N) is 3. The van der Waals surface area contributed by atoms with Crippen LogP contribution in [-0.2, 0) is 11.3 Å². The zero-order valence-electron chi connectivity index (χ0n) is 19.4. The Balaban J connectivity index is 1.40.